The summed E-state index contributed by atoms with van der Waals surface area (Å²) in [6, 6.07) is 4.56. The SMILES string of the molecule is C=CCNC(=O)CN1CCN(C(=O)C(C)NC(=O)c2cccc([N+](=O)[O-])c2)CC1. The Hall–Kier alpha value is -3.27. The van der Waals surface area contributed by atoms with E-state index in [1.807, 2.05) is 4.90 Å². The average Bonchev–Trinajstić information content (AvgIpc) is 2.72. The first-order chi connectivity index (χ1) is 13.8. The Balaban J connectivity index is 1.84. The molecule has 1 atom stereocenters. The first-order valence-corrected chi connectivity index (χ1v) is 9.26. The minimum absolute atomic E-state index is 0.0951. The topological polar surface area (TPSA) is 125 Å². The molecular formula is C19H25N5O5. The molecule has 0 aliphatic carbocycles. The molecule has 2 rings (SSSR count). The standard InChI is InChI=1S/C19H25N5O5/c1-3-7-20-17(25)13-22-8-10-23(11-9-22)19(27)14(2)21-18(26)15-5-4-6-16(12-15)24(28)29/h3-6,12,14H,1,7-11,13H2,2H3,(H,20,25)(H,21,26). The van der Waals surface area contributed by atoms with E-state index in [2.05, 4.69) is 17.2 Å². The largest absolute Gasteiger partial charge is 0.352 e. The number of nitrogens with zero attached hydrogens (tertiary/aromatic N) is 3. The fourth-order valence-electron chi connectivity index (χ4n) is 2.95. The lowest BCUT2D eigenvalue weighted by Crippen LogP contribution is -2.55. The van der Waals surface area contributed by atoms with Crippen LogP contribution >= 0.6 is 0 Å². The van der Waals surface area contributed by atoms with Crippen molar-refractivity contribution in [2.75, 3.05) is 39.3 Å². The molecule has 10 heteroatoms. The van der Waals surface area contributed by atoms with Crippen LogP contribution in [0, 0.1) is 10.1 Å². The van der Waals surface area contributed by atoms with Crippen molar-refractivity contribution in [2.45, 2.75) is 13.0 Å². The Morgan fingerprint density at radius 1 is 1.28 bits per heavy atom. The lowest BCUT2D eigenvalue weighted by molar-refractivity contribution is -0.384. The fourth-order valence-corrected chi connectivity index (χ4v) is 2.95. The van der Waals surface area contributed by atoms with E-state index in [0.29, 0.717) is 32.7 Å². The van der Waals surface area contributed by atoms with E-state index in [4.69, 9.17) is 0 Å². The van der Waals surface area contributed by atoms with Crippen LogP contribution in [0.2, 0.25) is 0 Å². The Bertz CT molecular complexity index is 789. The zero-order valence-corrected chi connectivity index (χ0v) is 16.3. The van der Waals surface area contributed by atoms with E-state index in [0.717, 1.165) is 0 Å². The number of amides is 3. The molecule has 1 aliphatic rings. The molecule has 1 aromatic carbocycles. The predicted octanol–water partition coefficient (Wildman–Crippen LogP) is 0.160. The minimum Gasteiger partial charge on any atom is -0.352 e. The van der Waals surface area contributed by atoms with Gasteiger partial charge in [-0.2, -0.15) is 0 Å². The van der Waals surface area contributed by atoms with E-state index in [1.54, 1.807) is 17.9 Å². The summed E-state index contributed by atoms with van der Waals surface area (Å²) in [4.78, 5) is 50.5. The zero-order valence-electron chi connectivity index (χ0n) is 16.3. The van der Waals surface area contributed by atoms with Crippen LogP contribution in [0.4, 0.5) is 5.69 Å². The third-order valence-corrected chi connectivity index (χ3v) is 4.53. The Kier molecular flexibility index (Phi) is 7.84. The maximum absolute atomic E-state index is 12.6. The number of hydrogen-bond donors (Lipinski definition) is 2. The predicted molar refractivity (Wildman–Crippen MR) is 106 cm³/mol. The molecule has 0 aromatic heterocycles. The quantitative estimate of drug-likeness (QED) is 0.362. The first-order valence-electron chi connectivity index (χ1n) is 9.26. The van der Waals surface area contributed by atoms with Gasteiger partial charge >= 0.3 is 0 Å². The number of hydrogen-bond acceptors (Lipinski definition) is 6. The molecule has 0 radical (unpaired) electrons. The van der Waals surface area contributed by atoms with Gasteiger partial charge in [-0.15, -0.1) is 6.58 Å². The molecule has 156 valence electrons. The summed E-state index contributed by atoms with van der Waals surface area (Å²) in [5, 5.41) is 16.1. The molecule has 29 heavy (non-hydrogen) atoms. The molecule has 1 saturated heterocycles. The van der Waals surface area contributed by atoms with Gasteiger partial charge in [0.05, 0.1) is 11.5 Å². The van der Waals surface area contributed by atoms with Crippen LogP contribution < -0.4 is 10.6 Å². The number of piperazine rings is 1. The third kappa shape index (κ3) is 6.39. The maximum atomic E-state index is 12.6. The van der Waals surface area contributed by atoms with Crippen molar-refractivity contribution in [3.05, 3.63) is 52.6 Å². The molecule has 0 spiro atoms. The molecule has 0 bridgehead atoms. The van der Waals surface area contributed by atoms with Crippen LogP contribution in [0.1, 0.15) is 17.3 Å². The number of benzene rings is 1. The van der Waals surface area contributed by atoms with E-state index >= 15 is 0 Å². The van der Waals surface area contributed by atoms with Gasteiger partial charge in [0.15, 0.2) is 0 Å². The van der Waals surface area contributed by atoms with E-state index in [-0.39, 0.29) is 29.6 Å². The van der Waals surface area contributed by atoms with Crippen molar-refractivity contribution in [1.29, 1.82) is 0 Å². The number of non-ortho nitro benzene ring substituents is 1. The van der Waals surface area contributed by atoms with Crippen molar-refractivity contribution in [2.24, 2.45) is 0 Å². The van der Waals surface area contributed by atoms with E-state index in [9.17, 15) is 24.5 Å². The Morgan fingerprint density at radius 2 is 1.97 bits per heavy atom. The van der Waals surface area contributed by atoms with Crippen LogP contribution in [0.3, 0.4) is 0 Å². The molecule has 3 amide bonds. The van der Waals surface area contributed by atoms with Crippen molar-refractivity contribution in [1.82, 2.24) is 20.4 Å². The minimum atomic E-state index is -0.774. The lowest BCUT2D eigenvalue weighted by atomic mass is 10.1. The van der Waals surface area contributed by atoms with Gasteiger partial charge in [-0.05, 0) is 13.0 Å². The zero-order chi connectivity index (χ0) is 21.4. The van der Waals surface area contributed by atoms with Crippen molar-refractivity contribution in [3.8, 4) is 0 Å². The summed E-state index contributed by atoms with van der Waals surface area (Å²) in [7, 11) is 0. The fraction of sp³-hybridized carbons (Fsp3) is 0.421. The molecule has 10 nitrogen and oxygen atoms in total. The highest BCUT2D eigenvalue weighted by Gasteiger charge is 2.27. The molecule has 2 N–H and O–H groups in total. The van der Waals surface area contributed by atoms with Crippen molar-refractivity contribution < 1.29 is 19.3 Å². The summed E-state index contributed by atoms with van der Waals surface area (Å²) < 4.78 is 0. The highest BCUT2D eigenvalue weighted by atomic mass is 16.6. The summed E-state index contributed by atoms with van der Waals surface area (Å²) >= 11 is 0. The molecule has 1 aliphatic heterocycles. The number of nitro groups is 1. The van der Waals surface area contributed by atoms with Crippen LogP contribution in [-0.4, -0.2) is 77.8 Å². The molecule has 1 fully saturated rings. The van der Waals surface area contributed by atoms with Gasteiger partial charge in [-0.25, -0.2) is 0 Å². The van der Waals surface area contributed by atoms with Crippen LogP contribution in [0.5, 0.6) is 0 Å². The Labute approximate surface area is 168 Å². The first kappa shape index (κ1) is 22.0. The van der Waals surface area contributed by atoms with Crippen LogP contribution in [-0.2, 0) is 9.59 Å². The summed E-state index contributed by atoms with van der Waals surface area (Å²) in [6.45, 7) is 7.80. The smallest absolute Gasteiger partial charge is 0.270 e. The van der Waals surface area contributed by atoms with Crippen molar-refractivity contribution in [3.63, 3.8) is 0 Å². The van der Waals surface area contributed by atoms with Gasteiger partial charge < -0.3 is 15.5 Å². The van der Waals surface area contributed by atoms with Gasteiger partial charge in [-0.3, -0.25) is 29.4 Å². The highest BCUT2D eigenvalue weighted by Crippen LogP contribution is 2.13. The van der Waals surface area contributed by atoms with Gasteiger partial charge in [0.2, 0.25) is 11.8 Å². The average molecular weight is 403 g/mol. The third-order valence-electron chi connectivity index (χ3n) is 4.53. The van der Waals surface area contributed by atoms with Crippen molar-refractivity contribution >= 4 is 23.4 Å². The Morgan fingerprint density at radius 3 is 2.59 bits per heavy atom. The second-order valence-corrected chi connectivity index (χ2v) is 6.70. The second kappa shape index (κ2) is 10.3. The maximum Gasteiger partial charge on any atom is 0.270 e. The van der Waals surface area contributed by atoms with Gasteiger partial charge in [-0.1, -0.05) is 12.1 Å². The molecular weight excluding hydrogens is 378 g/mol. The molecule has 0 saturated carbocycles. The van der Waals surface area contributed by atoms with Gasteiger partial charge in [0.25, 0.3) is 11.6 Å². The monoisotopic (exact) mass is 403 g/mol. The van der Waals surface area contributed by atoms with Crippen LogP contribution in [0.25, 0.3) is 0 Å². The molecule has 1 unspecified atom stereocenters. The normalized spacial score (nSPS) is 15.3. The molecule has 1 aromatic rings. The number of rotatable bonds is 8. The second-order valence-electron chi connectivity index (χ2n) is 6.70. The number of carbonyl (C=O) groups is 3. The number of nitrogens with one attached hydrogen (secondary N) is 2. The van der Waals surface area contributed by atoms with Crippen LogP contribution in [0.15, 0.2) is 36.9 Å². The van der Waals surface area contributed by atoms with Gasteiger partial charge in [0, 0.05) is 50.4 Å². The summed E-state index contributed by atoms with van der Waals surface area (Å²) in [5.41, 5.74) is -0.0703. The highest BCUT2D eigenvalue weighted by molar-refractivity contribution is 5.97. The number of carbonyl (C=O) groups excluding carboxylic acids is 3. The van der Waals surface area contributed by atoms with E-state index in [1.165, 1.54) is 24.3 Å². The van der Waals surface area contributed by atoms with E-state index < -0.39 is 16.9 Å². The molecule has 1 heterocycles. The number of nitro benzene ring substituents is 1. The lowest BCUT2D eigenvalue weighted by Gasteiger charge is -2.35. The van der Waals surface area contributed by atoms with Gasteiger partial charge in [0.1, 0.15) is 6.04 Å². The summed E-state index contributed by atoms with van der Waals surface area (Å²) in [6.07, 6.45) is 1.61. The summed E-state index contributed by atoms with van der Waals surface area (Å²) in [5.74, 6) is -0.881.